The maximum absolute atomic E-state index is 14.5. The van der Waals surface area contributed by atoms with Gasteiger partial charge in [-0.3, -0.25) is 19.2 Å². The lowest BCUT2D eigenvalue weighted by molar-refractivity contribution is -0.164. The van der Waals surface area contributed by atoms with Crippen LogP contribution in [0, 0.1) is 11.8 Å². The van der Waals surface area contributed by atoms with E-state index in [0.29, 0.717) is 25.9 Å². The molecular formula is C34H45N3O7. The van der Waals surface area contributed by atoms with Crippen molar-refractivity contribution in [3.8, 4) is 0 Å². The van der Waals surface area contributed by atoms with Crippen molar-refractivity contribution in [3.05, 3.63) is 60.2 Å². The van der Waals surface area contributed by atoms with Gasteiger partial charge in [-0.2, -0.15) is 0 Å². The van der Waals surface area contributed by atoms with E-state index in [1.54, 1.807) is 29.0 Å². The van der Waals surface area contributed by atoms with Crippen molar-refractivity contribution in [2.75, 3.05) is 26.7 Å². The van der Waals surface area contributed by atoms with Gasteiger partial charge >= 0.3 is 5.97 Å². The summed E-state index contributed by atoms with van der Waals surface area (Å²) in [5, 5.41) is 10.3. The number of ether oxygens (including phenoxy) is 2. The number of allylic oxidation sites excluding steroid dienone is 1. The fourth-order valence-electron chi connectivity index (χ4n) is 7.20. The first-order valence-corrected chi connectivity index (χ1v) is 15.9. The van der Waals surface area contributed by atoms with Gasteiger partial charge in [0, 0.05) is 26.6 Å². The normalized spacial score (nSPS) is 34.0. The Morgan fingerprint density at radius 1 is 1.07 bits per heavy atom. The van der Waals surface area contributed by atoms with Gasteiger partial charge in [0.2, 0.25) is 17.7 Å². The number of benzene rings is 1. The standard InChI is InChI=1S/C34H45N3O7/c1-5-7-19-36-20-13-9-12-16-26(39)35(4)22(3)29(23-14-10-8-11-15-23)43-33(42)27-25-17-18-34(44-25)28(27)31(40)37(24(6-2)21-38)30(34)32(36)41/h8-11,13-15,17-18,22,24-25,27-30,38H,5-7,12,16,19-21H2,1-4H3/b13-9-/t22-,24+,25+,27-,28-,29+,30+,34-/m1/s1. The summed E-state index contributed by atoms with van der Waals surface area (Å²) in [6.45, 7) is 6.22. The van der Waals surface area contributed by atoms with Crippen LogP contribution in [0.15, 0.2) is 54.6 Å². The molecule has 4 aliphatic heterocycles. The highest BCUT2D eigenvalue weighted by atomic mass is 16.6. The van der Waals surface area contributed by atoms with Crippen LogP contribution in [0.4, 0.5) is 0 Å². The minimum absolute atomic E-state index is 0.0907. The molecule has 0 aromatic heterocycles. The van der Waals surface area contributed by atoms with Crippen LogP contribution in [0.1, 0.15) is 64.5 Å². The quantitative estimate of drug-likeness (QED) is 0.374. The molecule has 44 heavy (non-hydrogen) atoms. The number of carbonyl (C=O) groups excluding carboxylic acids is 4. The van der Waals surface area contributed by atoms with Crippen molar-refractivity contribution in [1.82, 2.24) is 14.7 Å². The largest absolute Gasteiger partial charge is 0.455 e. The molecule has 5 rings (SSSR count). The van der Waals surface area contributed by atoms with Gasteiger partial charge in [0.15, 0.2) is 0 Å². The Hall–Kier alpha value is -3.50. The highest BCUT2D eigenvalue weighted by molar-refractivity contribution is 5.99. The monoisotopic (exact) mass is 607 g/mol. The first-order valence-electron chi connectivity index (χ1n) is 15.9. The summed E-state index contributed by atoms with van der Waals surface area (Å²) in [6.07, 6.45) is 8.64. The summed E-state index contributed by atoms with van der Waals surface area (Å²) in [4.78, 5) is 61.1. The summed E-state index contributed by atoms with van der Waals surface area (Å²) in [5.41, 5.74) is -0.626. The lowest BCUT2D eigenvalue weighted by atomic mass is 9.74. The summed E-state index contributed by atoms with van der Waals surface area (Å²) in [7, 11) is 1.71. The lowest BCUT2D eigenvalue weighted by Gasteiger charge is -2.38. The number of likely N-dealkylation sites (tertiary alicyclic amines) is 1. The molecule has 1 spiro atoms. The molecule has 0 aliphatic carbocycles. The zero-order valence-electron chi connectivity index (χ0n) is 26.1. The Bertz CT molecular complexity index is 1290. The molecule has 5 bridgehead atoms. The van der Waals surface area contributed by atoms with Crippen LogP contribution in [0.5, 0.6) is 0 Å². The molecule has 2 saturated heterocycles. The van der Waals surface area contributed by atoms with Gasteiger partial charge in [-0.15, -0.1) is 0 Å². The number of hydrogen-bond acceptors (Lipinski definition) is 7. The Kier molecular flexibility index (Phi) is 9.60. The molecular weight excluding hydrogens is 562 g/mol. The Labute approximate surface area is 259 Å². The molecule has 10 heteroatoms. The fourth-order valence-corrected chi connectivity index (χ4v) is 7.20. The van der Waals surface area contributed by atoms with E-state index in [1.165, 1.54) is 4.90 Å². The minimum Gasteiger partial charge on any atom is -0.455 e. The van der Waals surface area contributed by atoms with Crippen LogP contribution in [0.25, 0.3) is 0 Å². The first kappa shape index (κ1) is 31.9. The van der Waals surface area contributed by atoms with Crippen LogP contribution in [0.3, 0.4) is 0 Å². The number of rotatable bonds is 7. The maximum atomic E-state index is 14.5. The number of aliphatic hydroxyl groups excluding tert-OH is 1. The lowest BCUT2D eigenvalue weighted by Crippen LogP contribution is -2.58. The van der Waals surface area contributed by atoms with Crippen molar-refractivity contribution >= 4 is 23.7 Å². The second-order valence-corrected chi connectivity index (χ2v) is 12.4. The molecule has 8 atom stereocenters. The van der Waals surface area contributed by atoms with Crippen LogP contribution in [0.2, 0.25) is 0 Å². The third-order valence-electron chi connectivity index (χ3n) is 9.82. The molecule has 1 aromatic rings. The van der Waals surface area contributed by atoms with Crippen LogP contribution >= 0.6 is 0 Å². The number of amides is 3. The fraction of sp³-hybridized carbons (Fsp3) is 0.588. The molecule has 0 radical (unpaired) electrons. The minimum atomic E-state index is -1.35. The van der Waals surface area contributed by atoms with Gasteiger partial charge in [-0.25, -0.2) is 0 Å². The molecule has 2 fully saturated rings. The third-order valence-corrected chi connectivity index (χ3v) is 9.82. The molecule has 238 valence electrons. The molecule has 0 unspecified atom stereocenters. The predicted molar refractivity (Wildman–Crippen MR) is 163 cm³/mol. The molecule has 4 heterocycles. The number of cyclic esters (lactones) is 1. The second-order valence-electron chi connectivity index (χ2n) is 12.4. The van der Waals surface area contributed by atoms with Crippen LogP contribution in [-0.2, 0) is 28.7 Å². The number of nitrogens with zero attached hydrogens (tertiary/aromatic N) is 3. The topological polar surface area (TPSA) is 117 Å². The van der Waals surface area contributed by atoms with E-state index in [2.05, 4.69) is 0 Å². The van der Waals surface area contributed by atoms with Gasteiger partial charge in [0.25, 0.3) is 0 Å². The molecule has 1 N–H and O–H groups in total. The van der Waals surface area contributed by atoms with E-state index in [-0.39, 0.29) is 30.7 Å². The number of fused-ring (bicyclic) bond motifs is 2. The average molecular weight is 608 g/mol. The molecule has 4 aliphatic rings. The molecule has 10 nitrogen and oxygen atoms in total. The summed E-state index contributed by atoms with van der Waals surface area (Å²) >= 11 is 0. The number of aliphatic hydroxyl groups is 1. The van der Waals surface area contributed by atoms with E-state index in [9.17, 15) is 24.3 Å². The molecule has 0 saturated carbocycles. The van der Waals surface area contributed by atoms with E-state index >= 15 is 0 Å². The highest BCUT2D eigenvalue weighted by Gasteiger charge is 2.74. The number of unbranched alkanes of at least 4 members (excludes halogenated alkanes) is 1. The maximum Gasteiger partial charge on any atom is 0.313 e. The van der Waals surface area contributed by atoms with E-state index in [1.807, 2.05) is 63.3 Å². The summed E-state index contributed by atoms with van der Waals surface area (Å²) in [6, 6.07) is 7.13. The number of carbonyl (C=O) groups is 4. The number of likely N-dealkylation sites (N-methyl/N-ethyl adjacent to an activating group) is 1. The Balaban J connectivity index is 1.61. The van der Waals surface area contributed by atoms with E-state index in [0.717, 1.165) is 18.4 Å². The highest BCUT2D eigenvalue weighted by Crippen LogP contribution is 2.56. The zero-order chi connectivity index (χ0) is 31.6. The van der Waals surface area contributed by atoms with Gasteiger partial charge < -0.3 is 29.3 Å². The van der Waals surface area contributed by atoms with Gasteiger partial charge in [0.1, 0.15) is 23.7 Å². The summed E-state index contributed by atoms with van der Waals surface area (Å²) < 4.78 is 12.8. The van der Waals surface area contributed by atoms with Crippen LogP contribution in [-0.4, -0.2) is 100 Å². The molecule has 1 aromatic carbocycles. The predicted octanol–water partition coefficient (Wildman–Crippen LogP) is 3.02. The van der Waals surface area contributed by atoms with Gasteiger partial charge in [0.05, 0.1) is 30.7 Å². The zero-order valence-corrected chi connectivity index (χ0v) is 26.1. The van der Waals surface area contributed by atoms with Crippen molar-refractivity contribution in [2.45, 2.75) is 88.8 Å². The number of hydrogen-bond donors (Lipinski definition) is 1. The SMILES string of the molecule is CCCCN1C/C=C\CCC(=O)N(C)[C@H](C)[C@@H](c2ccccc2)OC(=O)[C@@H]2[C@@H]3C=C[C@]4(O3)[C@H](C1=O)N([C@@H](CC)CO)C(=O)[C@@H]24. The van der Waals surface area contributed by atoms with Crippen molar-refractivity contribution in [3.63, 3.8) is 0 Å². The first-order chi connectivity index (χ1) is 21.2. The van der Waals surface area contributed by atoms with Crippen molar-refractivity contribution in [2.24, 2.45) is 11.8 Å². The van der Waals surface area contributed by atoms with Crippen LogP contribution < -0.4 is 0 Å². The van der Waals surface area contributed by atoms with E-state index < -0.39 is 53.7 Å². The molecule has 3 amide bonds. The third kappa shape index (κ3) is 5.47. The van der Waals surface area contributed by atoms with E-state index in [4.69, 9.17) is 9.47 Å². The second kappa shape index (κ2) is 13.2. The smallest absolute Gasteiger partial charge is 0.313 e. The van der Waals surface area contributed by atoms with Crippen molar-refractivity contribution < 1.29 is 33.8 Å². The van der Waals surface area contributed by atoms with Gasteiger partial charge in [-0.1, -0.05) is 74.9 Å². The van der Waals surface area contributed by atoms with Gasteiger partial charge in [-0.05, 0) is 31.7 Å². The summed E-state index contributed by atoms with van der Waals surface area (Å²) in [5.74, 6) is -3.33. The Morgan fingerprint density at radius 2 is 1.82 bits per heavy atom. The number of esters is 1. The average Bonchev–Trinajstić information content (AvgIpc) is 3.68. The Morgan fingerprint density at radius 3 is 2.50 bits per heavy atom. The van der Waals surface area contributed by atoms with Crippen molar-refractivity contribution in [1.29, 1.82) is 0 Å².